The summed E-state index contributed by atoms with van der Waals surface area (Å²) in [5, 5.41) is 3.91. The standard InChI is InChI=1S/C24H24Cl2N2O4S/c1-17-3-10-21(15-23(17)26)28(33(2,30)31)16-18-4-6-19(7-5-18)24(29)27-13-14-32-22-11-8-20(25)9-12-22/h3-12,15H,13-14,16H2,1-2H3,(H,27,29). The van der Waals surface area contributed by atoms with Gasteiger partial charge >= 0.3 is 0 Å². The van der Waals surface area contributed by atoms with Crippen molar-refractivity contribution in [1.29, 1.82) is 0 Å². The SMILES string of the molecule is Cc1ccc(N(Cc2ccc(C(=O)NCCOc3ccc(Cl)cc3)cc2)S(C)(=O)=O)cc1Cl. The minimum Gasteiger partial charge on any atom is -0.492 e. The molecule has 0 radical (unpaired) electrons. The Morgan fingerprint density at radius 3 is 2.27 bits per heavy atom. The zero-order valence-corrected chi connectivity index (χ0v) is 20.5. The lowest BCUT2D eigenvalue weighted by molar-refractivity contribution is 0.0947. The third-order valence-electron chi connectivity index (χ3n) is 4.86. The third-order valence-corrected chi connectivity index (χ3v) is 6.66. The first kappa shape index (κ1) is 24.9. The maximum absolute atomic E-state index is 12.4. The lowest BCUT2D eigenvalue weighted by Gasteiger charge is -2.23. The van der Waals surface area contributed by atoms with E-state index >= 15 is 0 Å². The summed E-state index contributed by atoms with van der Waals surface area (Å²) in [6.07, 6.45) is 1.15. The topological polar surface area (TPSA) is 75.7 Å². The van der Waals surface area contributed by atoms with Crippen LogP contribution < -0.4 is 14.4 Å². The summed E-state index contributed by atoms with van der Waals surface area (Å²) in [6, 6.07) is 18.9. The molecular weight excluding hydrogens is 483 g/mol. The van der Waals surface area contributed by atoms with E-state index in [0.29, 0.717) is 40.2 Å². The van der Waals surface area contributed by atoms with Gasteiger partial charge in [-0.25, -0.2) is 8.42 Å². The number of benzene rings is 3. The van der Waals surface area contributed by atoms with Crippen molar-refractivity contribution in [2.24, 2.45) is 0 Å². The Balaban J connectivity index is 1.59. The van der Waals surface area contributed by atoms with E-state index in [-0.39, 0.29) is 12.5 Å². The van der Waals surface area contributed by atoms with Crippen molar-refractivity contribution in [2.75, 3.05) is 23.7 Å². The van der Waals surface area contributed by atoms with E-state index in [1.54, 1.807) is 66.7 Å². The average Bonchev–Trinajstić information content (AvgIpc) is 2.78. The molecule has 0 aliphatic rings. The molecule has 3 aromatic carbocycles. The minimum absolute atomic E-state index is 0.120. The van der Waals surface area contributed by atoms with Gasteiger partial charge in [-0.05, 0) is 66.6 Å². The molecule has 1 amide bonds. The molecule has 0 heterocycles. The number of carbonyl (C=O) groups is 1. The number of halogens is 2. The molecule has 174 valence electrons. The maximum Gasteiger partial charge on any atom is 0.251 e. The molecule has 3 aromatic rings. The lowest BCUT2D eigenvalue weighted by Crippen LogP contribution is -2.29. The van der Waals surface area contributed by atoms with Crippen molar-refractivity contribution in [1.82, 2.24) is 5.32 Å². The molecule has 0 aromatic heterocycles. The summed E-state index contributed by atoms with van der Waals surface area (Å²) < 4.78 is 31.6. The monoisotopic (exact) mass is 506 g/mol. The van der Waals surface area contributed by atoms with Crippen LogP contribution in [0.3, 0.4) is 0 Å². The molecule has 6 nitrogen and oxygen atoms in total. The van der Waals surface area contributed by atoms with Gasteiger partial charge in [-0.15, -0.1) is 0 Å². The molecule has 0 saturated carbocycles. The fourth-order valence-electron chi connectivity index (χ4n) is 3.03. The molecule has 0 bridgehead atoms. The highest BCUT2D eigenvalue weighted by molar-refractivity contribution is 7.92. The second-order valence-electron chi connectivity index (χ2n) is 7.46. The number of aryl methyl sites for hydroxylation is 1. The molecule has 9 heteroatoms. The summed E-state index contributed by atoms with van der Waals surface area (Å²) in [7, 11) is -3.54. The predicted octanol–water partition coefficient (Wildman–Crippen LogP) is 5.08. The second kappa shape index (κ2) is 10.9. The van der Waals surface area contributed by atoms with Crippen molar-refractivity contribution in [3.8, 4) is 5.75 Å². The average molecular weight is 507 g/mol. The number of carbonyl (C=O) groups excluding carboxylic acids is 1. The van der Waals surface area contributed by atoms with Crippen LogP contribution in [0.4, 0.5) is 5.69 Å². The quantitative estimate of drug-likeness (QED) is 0.410. The first-order valence-corrected chi connectivity index (χ1v) is 12.7. The molecule has 0 spiro atoms. The predicted molar refractivity (Wildman–Crippen MR) is 133 cm³/mol. The third kappa shape index (κ3) is 7.12. The Bertz CT molecular complexity index is 1210. The van der Waals surface area contributed by atoms with Crippen LogP contribution in [0.1, 0.15) is 21.5 Å². The van der Waals surface area contributed by atoms with Crippen LogP contribution >= 0.6 is 23.2 Å². The Morgan fingerprint density at radius 1 is 1.00 bits per heavy atom. The van der Waals surface area contributed by atoms with Gasteiger partial charge in [0.25, 0.3) is 5.91 Å². The zero-order valence-electron chi connectivity index (χ0n) is 18.2. The molecule has 0 saturated heterocycles. The van der Waals surface area contributed by atoms with Gasteiger partial charge < -0.3 is 10.1 Å². The molecule has 0 unspecified atom stereocenters. The van der Waals surface area contributed by atoms with E-state index in [0.717, 1.165) is 17.4 Å². The molecule has 0 aliphatic heterocycles. The van der Waals surface area contributed by atoms with E-state index in [1.807, 2.05) is 6.92 Å². The van der Waals surface area contributed by atoms with Gasteiger partial charge in [0.2, 0.25) is 10.0 Å². The number of sulfonamides is 1. The normalized spacial score (nSPS) is 11.2. The number of rotatable bonds is 9. The van der Waals surface area contributed by atoms with Crippen molar-refractivity contribution in [3.63, 3.8) is 0 Å². The van der Waals surface area contributed by atoms with Gasteiger partial charge in [-0.1, -0.05) is 41.4 Å². The second-order valence-corrected chi connectivity index (χ2v) is 10.2. The van der Waals surface area contributed by atoms with Crippen LogP contribution in [0.25, 0.3) is 0 Å². The number of nitrogens with zero attached hydrogens (tertiary/aromatic N) is 1. The molecule has 0 atom stereocenters. The van der Waals surface area contributed by atoms with Crippen molar-refractivity contribution in [3.05, 3.63) is 93.5 Å². The van der Waals surface area contributed by atoms with Crippen LogP contribution in [0, 0.1) is 6.92 Å². The highest BCUT2D eigenvalue weighted by atomic mass is 35.5. The number of hydrogen-bond donors (Lipinski definition) is 1. The van der Waals surface area contributed by atoms with Gasteiger partial charge in [0, 0.05) is 15.6 Å². The summed E-state index contributed by atoms with van der Waals surface area (Å²) in [5.74, 6) is 0.426. The van der Waals surface area contributed by atoms with E-state index in [4.69, 9.17) is 27.9 Å². The summed E-state index contributed by atoms with van der Waals surface area (Å²) >= 11 is 12.0. The number of ether oxygens (including phenoxy) is 1. The Morgan fingerprint density at radius 2 is 1.67 bits per heavy atom. The highest BCUT2D eigenvalue weighted by Crippen LogP contribution is 2.26. The van der Waals surface area contributed by atoms with Gasteiger partial charge in [0.15, 0.2) is 0 Å². The summed E-state index contributed by atoms with van der Waals surface area (Å²) in [4.78, 5) is 12.4. The number of amides is 1. The largest absolute Gasteiger partial charge is 0.492 e. The Hall–Kier alpha value is -2.74. The van der Waals surface area contributed by atoms with Crippen LogP contribution in [-0.4, -0.2) is 33.7 Å². The minimum atomic E-state index is -3.54. The fourth-order valence-corrected chi connectivity index (χ4v) is 4.21. The van der Waals surface area contributed by atoms with Crippen LogP contribution in [-0.2, 0) is 16.6 Å². The molecule has 0 fully saturated rings. The first-order chi connectivity index (χ1) is 15.6. The number of anilines is 1. The van der Waals surface area contributed by atoms with E-state index in [1.165, 1.54) is 4.31 Å². The lowest BCUT2D eigenvalue weighted by atomic mass is 10.1. The molecule has 0 aliphatic carbocycles. The Kier molecular flexibility index (Phi) is 8.24. The maximum atomic E-state index is 12.4. The molecule has 3 rings (SSSR count). The van der Waals surface area contributed by atoms with Crippen LogP contribution in [0.2, 0.25) is 10.0 Å². The fraction of sp³-hybridized carbons (Fsp3) is 0.208. The van der Waals surface area contributed by atoms with Crippen LogP contribution in [0.15, 0.2) is 66.7 Å². The van der Waals surface area contributed by atoms with E-state index in [2.05, 4.69) is 5.32 Å². The smallest absolute Gasteiger partial charge is 0.251 e. The molecule has 1 N–H and O–H groups in total. The van der Waals surface area contributed by atoms with Gasteiger partial charge in [0.05, 0.1) is 25.0 Å². The zero-order chi connectivity index (χ0) is 24.0. The highest BCUT2D eigenvalue weighted by Gasteiger charge is 2.19. The van der Waals surface area contributed by atoms with Crippen molar-refractivity contribution < 1.29 is 17.9 Å². The summed E-state index contributed by atoms with van der Waals surface area (Å²) in [5.41, 5.74) is 2.55. The molecule has 33 heavy (non-hydrogen) atoms. The van der Waals surface area contributed by atoms with Gasteiger partial charge in [-0.3, -0.25) is 9.10 Å². The van der Waals surface area contributed by atoms with E-state index in [9.17, 15) is 13.2 Å². The first-order valence-electron chi connectivity index (χ1n) is 10.1. The summed E-state index contributed by atoms with van der Waals surface area (Å²) in [6.45, 7) is 2.62. The number of nitrogens with one attached hydrogen (secondary N) is 1. The Labute approximate surface area is 204 Å². The number of hydrogen-bond acceptors (Lipinski definition) is 4. The van der Waals surface area contributed by atoms with Crippen LogP contribution in [0.5, 0.6) is 5.75 Å². The van der Waals surface area contributed by atoms with Gasteiger partial charge in [-0.2, -0.15) is 0 Å². The molecular formula is C24H24Cl2N2O4S. The van der Waals surface area contributed by atoms with E-state index < -0.39 is 10.0 Å². The van der Waals surface area contributed by atoms with Gasteiger partial charge in [0.1, 0.15) is 12.4 Å². The van der Waals surface area contributed by atoms with Crippen molar-refractivity contribution in [2.45, 2.75) is 13.5 Å². The van der Waals surface area contributed by atoms with Crippen molar-refractivity contribution >= 4 is 44.8 Å².